The van der Waals surface area contributed by atoms with Crippen LogP contribution in [0.25, 0.3) is 0 Å². The lowest BCUT2D eigenvalue weighted by Crippen LogP contribution is -2.40. The maximum atomic E-state index is 13.0. The Morgan fingerprint density at radius 1 is 1.12 bits per heavy atom. The largest absolute Gasteiger partial charge is 0.385 e. The average molecular weight is 372 g/mol. The van der Waals surface area contributed by atoms with Crippen LogP contribution in [0.3, 0.4) is 0 Å². The van der Waals surface area contributed by atoms with Gasteiger partial charge in [0, 0.05) is 12.0 Å². The fourth-order valence-electron chi connectivity index (χ4n) is 2.97. The van der Waals surface area contributed by atoms with Crippen molar-refractivity contribution < 1.29 is 18.8 Å². The van der Waals surface area contributed by atoms with E-state index in [2.05, 4.69) is 0 Å². The van der Waals surface area contributed by atoms with Gasteiger partial charge in [0.05, 0.1) is 21.8 Å². The van der Waals surface area contributed by atoms with Crippen molar-refractivity contribution in [1.82, 2.24) is 0 Å². The first-order valence-corrected chi connectivity index (χ1v) is 9.84. The first kappa shape index (κ1) is 19.0. The van der Waals surface area contributed by atoms with E-state index < -0.39 is 29.3 Å². The predicted octanol–water partition coefficient (Wildman–Crippen LogP) is 3.35. The molecule has 1 aliphatic heterocycles. The van der Waals surface area contributed by atoms with Gasteiger partial charge in [0.2, 0.25) is 0 Å². The van der Waals surface area contributed by atoms with Crippen LogP contribution in [0, 0.1) is 6.92 Å². The first-order valence-electron chi connectivity index (χ1n) is 8.69. The Morgan fingerprint density at radius 3 is 2.46 bits per heavy atom. The number of benzene rings is 2. The summed E-state index contributed by atoms with van der Waals surface area (Å²) in [7, 11) is 0.0930. The molecule has 4 unspecified atom stereocenters. The number of ether oxygens (including phenoxy) is 2. The second-order valence-corrected chi connectivity index (χ2v) is 7.88. The van der Waals surface area contributed by atoms with E-state index in [0.29, 0.717) is 16.2 Å². The zero-order chi connectivity index (χ0) is 18.5. The Hall–Kier alpha value is -1.79. The molecule has 1 N–H and O–H groups in total. The summed E-state index contributed by atoms with van der Waals surface area (Å²) in [6.45, 7) is 1.98. The monoisotopic (exact) mass is 372 g/mol. The summed E-state index contributed by atoms with van der Waals surface area (Å²) in [5.41, 5.74) is 2.27. The van der Waals surface area contributed by atoms with E-state index in [-0.39, 0.29) is 0 Å². The van der Waals surface area contributed by atoms with Crippen molar-refractivity contribution in [2.75, 3.05) is 7.11 Å². The molecule has 4 nitrogen and oxygen atoms in total. The maximum Gasteiger partial charge on any atom is 0.178 e. The van der Waals surface area contributed by atoms with E-state index >= 15 is 0 Å². The number of hydrogen-bond acceptors (Lipinski definition) is 4. The third kappa shape index (κ3) is 4.48. The molecule has 2 aromatic rings. The lowest BCUT2D eigenvalue weighted by molar-refractivity contribution is -0.160. The van der Waals surface area contributed by atoms with Crippen molar-refractivity contribution in [1.29, 1.82) is 0 Å². The van der Waals surface area contributed by atoms with Crippen LogP contribution >= 0.6 is 0 Å². The normalized spacial score (nSPS) is 24.1. The molecule has 2 aromatic carbocycles. The Balaban J connectivity index is 1.77. The van der Waals surface area contributed by atoms with E-state index in [1.54, 1.807) is 13.2 Å². The van der Waals surface area contributed by atoms with Crippen LogP contribution in [0.5, 0.6) is 0 Å². The van der Waals surface area contributed by atoms with Crippen molar-refractivity contribution in [3.05, 3.63) is 76.7 Å². The zero-order valence-corrected chi connectivity index (χ0v) is 15.8. The SMILES string of the molecule is COC1C=C(S(=O)c2ccc(C)cc2)C(O)C(CCc2ccccc2)O1. The highest BCUT2D eigenvalue weighted by Crippen LogP contribution is 2.29. The van der Waals surface area contributed by atoms with Crippen molar-refractivity contribution >= 4 is 10.8 Å². The topological polar surface area (TPSA) is 55.8 Å². The van der Waals surface area contributed by atoms with Gasteiger partial charge in [0.1, 0.15) is 6.10 Å². The van der Waals surface area contributed by atoms with Gasteiger partial charge in [-0.3, -0.25) is 0 Å². The summed E-state index contributed by atoms with van der Waals surface area (Å²) in [5, 5.41) is 10.8. The minimum absolute atomic E-state index is 0.449. The number of aliphatic hydroxyl groups excluding tert-OH is 1. The quantitative estimate of drug-likeness (QED) is 0.845. The summed E-state index contributed by atoms with van der Waals surface area (Å²) in [5.74, 6) is 0. The lowest BCUT2D eigenvalue weighted by atomic mass is 10.0. The molecule has 26 heavy (non-hydrogen) atoms. The Labute approximate surface area is 156 Å². The maximum absolute atomic E-state index is 13.0. The number of hydrogen-bond donors (Lipinski definition) is 1. The van der Waals surface area contributed by atoms with Crippen molar-refractivity contribution in [2.45, 2.75) is 43.2 Å². The van der Waals surface area contributed by atoms with Crippen LogP contribution in [-0.2, 0) is 26.7 Å². The van der Waals surface area contributed by atoms with Gasteiger partial charge < -0.3 is 14.6 Å². The van der Waals surface area contributed by atoms with Gasteiger partial charge in [-0.2, -0.15) is 0 Å². The molecule has 0 aliphatic carbocycles. The summed E-state index contributed by atoms with van der Waals surface area (Å²) in [6.07, 6.45) is 1.02. The fourth-order valence-corrected chi connectivity index (χ4v) is 4.24. The summed E-state index contributed by atoms with van der Waals surface area (Å²) in [6, 6.07) is 17.5. The summed E-state index contributed by atoms with van der Waals surface area (Å²) >= 11 is 0. The van der Waals surface area contributed by atoms with Crippen LogP contribution in [0.4, 0.5) is 0 Å². The molecule has 0 radical (unpaired) electrons. The van der Waals surface area contributed by atoms with Gasteiger partial charge in [0.25, 0.3) is 0 Å². The zero-order valence-electron chi connectivity index (χ0n) is 15.0. The highest BCUT2D eigenvalue weighted by Gasteiger charge is 2.34. The van der Waals surface area contributed by atoms with Gasteiger partial charge in [0.15, 0.2) is 6.29 Å². The number of aryl methyl sites for hydroxylation is 2. The molecule has 0 saturated carbocycles. The van der Waals surface area contributed by atoms with Crippen LogP contribution in [0.15, 0.2) is 70.5 Å². The van der Waals surface area contributed by atoms with Gasteiger partial charge >= 0.3 is 0 Å². The van der Waals surface area contributed by atoms with Crippen LogP contribution in [0.1, 0.15) is 17.5 Å². The molecule has 0 fully saturated rings. The van der Waals surface area contributed by atoms with Crippen molar-refractivity contribution in [2.24, 2.45) is 0 Å². The van der Waals surface area contributed by atoms with E-state index in [4.69, 9.17) is 9.47 Å². The van der Waals surface area contributed by atoms with E-state index in [1.165, 1.54) is 5.56 Å². The van der Waals surface area contributed by atoms with Gasteiger partial charge in [-0.15, -0.1) is 0 Å². The molecule has 5 heteroatoms. The molecule has 1 heterocycles. The van der Waals surface area contributed by atoms with Crippen molar-refractivity contribution in [3.63, 3.8) is 0 Å². The van der Waals surface area contributed by atoms with Gasteiger partial charge in [-0.25, -0.2) is 4.21 Å². The lowest BCUT2D eigenvalue weighted by Gasteiger charge is -2.32. The molecule has 0 bridgehead atoms. The Kier molecular flexibility index (Phi) is 6.38. The molecule has 3 rings (SSSR count). The first-order chi connectivity index (χ1) is 12.6. The highest BCUT2D eigenvalue weighted by molar-refractivity contribution is 7.89. The van der Waals surface area contributed by atoms with Gasteiger partial charge in [-0.05, 0) is 43.5 Å². The summed E-state index contributed by atoms with van der Waals surface area (Å²) in [4.78, 5) is 1.12. The molecule has 0 saturated heterocycles. The Bertz CT molecular complexity index is 770. The fraction of sp³-hybridized carbons (Fsp3) is 0.333. The van der Waals surface area contributed by atoms with Crippen LogP contribution in [0.2, 0.25) is 0 Å². The smallest absolute Gasteiger partial charge is 0.178 e. The molecular weight excluding hydrogens is 348 g/mol. The second kappa shape index (κ2) is 8.73. The second-order valence-electron chi connectivity index (χ2n) is 6.40. The predicted molar refractivity (Wildman–Crippen MR) is 102 cm³/mol. The number of rotatable bonds is 6. The minimum Gasteiger partial charge on any atom is -0.385 e. The molecule has 0 amide bonds. The van der Waals surface area contributed by atoms with Gasteiger partial charge in [-0.1, -0.05) is 48.0 Å². The van der Waals surface area contributed by atoms with Crippen molar-refractivity contribution in [3.8, 4) is 0 Å². The Morgan fingerprint density at radius 2 is 1.81 bits per heavy atom. The molecular formula is C21H24O4S. The van der Waals surface area contributed by atoms with E-state index in [9.17, 15) is 9.32 Å². The molecule has 138 valence electrons. The van der Waals surface area contributed by atoms with E-state index in [1.807, 2.05) is 61.5 Å². The van der Waals surface area contributed by atoms with Crippen LogP contribution in [-0.4, -0.2) is 34.9 Å². The van der Waals surface area contributed by atoms with Crippen LogP contribution < -0.4 is 0 Å². The standard InChI is InChI=1S/C21H24O4S/c1-15-8-11-17(12-9-15)26(23)19-14-20(24-2)25-18(21(19)22)13-10-16-6-4-3-5-7-16/h3-9,11-12,14,18,20-22H,10,13H2,1-2H3. The average Bonchev–Trinajstić information content (AvgIpc) is 2.68. The number of aliphatic hydroxyl groups is 1. The van der Waals surface area contributed by atoms with E-state index in [0.717, 1.165) is 12.0 Å². The third-order valence-electron chi connectivity index (χ3n) is 4.49. The summed E-state index contributed by atoms with van der Waals surface area (Å²) < 4.78 is 24.1. The molecule has 0 spiro atoms. The highest BCUT2D eigenvalue weighted by atomic mass is 32.2. The third-order valence-corrected chi connectivity index (χ3v) is 6.00. The number of methoxy groups -OCH3 is 1. The molecule has 4 atom stereocenters. The molecule has 1 aliphatic rings. The molecule has 0 aromatic heterocycles. The minimum atomic E-state index is -1.45.